The summed E-state index contributed by atoms with van der Waals surface area (Å²) in [5.41, 5.74) is 3.29. The van der Waals surface area contributed by atoms with Crippen LogP contribution in [0.2, 0.25) is 0 Å². The second kappa shape index (κ2) is 7.95. The molecule has 0 amide bonds. The van der Waals surface area contributed by atoms with Crippen LogP contribution in [0.1, 0.15) is 19.0 Å². The Morgan fingerprint density at radius 1 is 1.10 bits per heavy atom. The molecule has 0 aliphatic carbocycles. The smallest absolute Gasteiger partial charge is 0.324 e. The first kappa shape index (κ1) is 14.9. The van der Waals surface area contributed by atoms with Crippen LogP contribution in [0.5, 0.6) is 12.0 Å². The minimum atomic E-state index is 0.167. The van der Waals surface area contributed by atoms with E-state index in [0.717, 1.165) is 12.1 Å². The molecule has 21 heavy (non-hydrogen) atoms. The zero-order valence-corrected chi connectivity index (χ0v) is 11.8. The lowest BCUT2D eigenvalue weighted by Crippen LogP contribution is -2.14. The van der Waals surface area contributed by atoms with Crippen LogP contribution in [0, 0.1) is 0 Å². The third kappa shape index (κ3) is 4.84. The molecule has 0 fully saturated rings. The zero-order valence-electron chi connectivity index (χ0n) is 11.8. The fourth-order valence-corrected chi connectivity index (χ4v) is 1.52. The second-order valence-electron chi connectivity index (χ2n) is 4.14. The molecule has 2 rings (SSSR count). The van der Waals surface area contributed by atoms with Gasteiger partial charge in [0.05, 0.1) is 13.2 Å². The third-order valence-corrected chi connectivity index (χ3v) is 2.47. The normalized spacial score (nSPS) is 10.2. The summed E-state index contributed by atoms with van der Waals surface area (Å²) in [5.74, 6) is 5.51. The molecule has 0 unspecified atom stereocenters. The number of ether oxygens (including phenoxy) is 2. The van der Waals surface area contributed by atoms with Crippen molar-refractivity contribution in [3.8, 4) is 12.0 Å². The van der Waals surface area contributed by atoms with Crippen LogP contribution in [-0.4, -0.2) is 33.1 Å². The fourth-order valence-electron chi connectivity index (χ4n) is 1.52. The molecule has 0 saturated heterocycles. The van der Waals surface area contributed by atoms with Crippen LogP contribution in [0.15, 0.2) is 24.4 Å². The van der Waals surface area contributed by atoms with Crippen LogP contribution >= 0.6 is 0 Å². The van der Waals surface area contributed by atoms with Crippen molar-refractivity contribution in [1.29, 1.82) is 0 Å². The summed E-state index contributed by atoms with van der Waals surface area (Å²) < 4.78 is 10.8. The number of pyridine rings is 1. The van der Waals surface area contributed by atoms with Gasteiger partial charge in [0, 0.05) is 18.3 Å². The number of hydrazine groups is 1. The highest BCUT2D eigenvalue weighted by Gasteiger charge is 2.08. The Hall–Kier alpha value is -2.48. The van der Waals surface area contributed by atoms with Gasteiger partial charge in [0.2, 0.25) is 5.95 Å². The Balaban J connectivity index is 1.95. The van der Waals surface area contributed by atoms with Gasteiger partial charge in [-0.3, -0.25) is 10.4 Å². The molecular weight excluding hydrogens is 272 g/mol. The van der Waals surface area contributed by atoms with Crippen molar-refractivity contribution in [2.24, 2.45) is 5.84 Å². The molecule has 0 aliphatic heterocycles. The van der Waals surface area contributed by atoms with Crippen LogP contribution in [-0.2, 0) is 6.42 Å². The lowest BCUT2D eigenvalue weighted by atomic mass is 10.3. The lowest BCUT2D eigenvalue weighted by Gasteiger charge is -2.08. The molecule has 2 aromatic heterocycles. The Labute approximate surface area is 122 Å². The predicted molar refractivity (Wildman–Crippen MR) is 76.9 cm³/mol. The summed E-state index contributed by atoms with van der Waals surface area (Å²) in [6.07, 6.45) is 3.25. The monoisotopic (exact) mass is 290 g/mol. The van der Waals surface area contributed by atoms with Crippen molar-refractivity contribution in [2.45, 2.75) is 19.8 Å². The van der Waals surface area contributed by atoms with E-state index in [0.29, 0.717) is 19.6 Å². The van der Waals surface area contributed by atoms with Crippen LogP contribution < -0.4 is 20.7 Å². The molecule has 0 atom stereocenters. The maximum Gasteiger partial charge on any atom is 0.324 e. The average molecular weight is 290 g/mol. The third-order valence-electron chi connectivity index (χ3n) is 2.47. The first-order chi connectivity index (χ1) is 10.3. The average Bonchev–Trinajstić information content (AvgIpc) is 2.53. The summed E-state index contributed by atoms with van der Waals surface area (Å²) in [6.45, 7) is 2.91. The van der Waals surface area contributed by atoms with E-state index in [-0.39, 0.29) is 18.0 Å². The van der Waals surface area contributed by atoms with Crippen molar-refractivity contribution in [3.05, 3.63) is 30.1 Å². The zero-order chi connectivity index (χ0) is 14.9. The van der Waals surface area contributed by atoms with E-state index in [2.05, 4.69) is 25.4 Å². The van der Waals surface area contributed by atoms with Crippen molar-refractivity contribution in [1.82, 2.24) is 19.9 Å². The van der Waals surface area contributed by atoms with Crippen LogP contribution in [0.4, 0.5) is 5.95 Å². The highest BCUT2D eigenvalue weighted by atomic mass is 16.5. The molecule has 0 radical (unpaired) electrons. The van der Waals surface area contributed by atoms with Crippen LogP contribution in [0.25, 0.3) is 0 Å². The Bertz CT molecular complexity index is 552. The van der Waals surface area contributed by atoms with Crippen molar-refractivity contribution in [2.75, 3.05) is 18.6 Å². The summed E-state index contributed by atoms with van der Waals surface area (Å²) >= 11 is 0. The number of nitrogen functional groups attached to an aromatic ring is 1. The van der Waals surface area contributed by atoms with Gasteiger partial charge in [0.15, 0.2) is 0 Å². The highest BCUT2D eigenvalue weighted by Crippen LogP contribution is 2.12. The number of nitrogens with two attached hydrogens (primary N) is 1. The summed E-state index contributed by atoms with van der Waals surface area (Å²) in [6, 6.07) is 6.08. The van der Waals surface area contributed by atoms with Crippen molar-refractivity contribution in [3.63, 3.8) is 0 Å². The quantitative estimate of drug-likeness (QED) is 0.546. The van der Waals surface area contributed by atoms with Gasteiger partial charge < -0.3 is 9.47 Å². The minimum absolute atomic E-state index is 0.167. The Kier molecular flexibility index (Phi) is 5.65. The van der Waals surface area contributed by atoms with Gasteiger partial charge in [0.1, 0.15) is 0 Å². The van der Waals surface area contributed by atoms with Gasteiger partial charge in [0.25, 0.3) is 0 Å². The summed E-state index contributed by atoms with van der Waals surface area (Å²) in [4.78, 5) is 16.3. The molecule has 2 heterocycles. The van der Waals surface area contributed by atoms with Gasteiger partial charge >= 0.3 is 12.0 Å². The largest absolute Gasteiger partial charge is 0.463 e. The maximum absolute atomic E-state index is 5.50. The molecule has 0 aromatic carbocycles. The number of hydrogen-bond donors (Lipinski definition) is 2. The van der Waals surface area contributed by atoms with E-state index < -0.39 is 0 Å². The highest BCUT2D eigenvalue weighted by molar-refractivity contribution is 5.25. The van der Waals surface area contributed by atoms with Crippen molar-refractivity contribution < 1.29 is 9.47 Å². The number of nitrogens with zero attached hydrogens (tertiary/aromatic N) is 4. The van der Waals surface area contributed by atoms with E-state index >= 15 is 0 Å². The molecule has 112 valence electrons. The maximum atomic E-state index is 5.50. The van der Waals surface area contributed by atoms with Crippen molar-refractivity contribution >= 4 is 5.95 Å². The number of rotatable bonds is 8. The second-order valence-corrected chi connectivity index (χ2v) is 4.14. The van der Waals surface area contributed by atoms with Gasteiger partial charge in [-0.2, -0.15) is 9.97 Å². The first-order valence-electron chi connectivity index (χ1n) is 6.70. The lowest BCUT2D eigenvalue weighted by molar-refractivity contribution is 0.263. The Morgan fingerprint density at radius 2 is 1.86 bits per heavy atom. The number of anilines is 1. The van der Waals surface area contributed by atoms with Crippen LogP contribution in [0.3, 0.4) is 0 Å². The van der Waals surface area contributed by atoms with E-state index in [9.17, 15) is 0 Å². The van der Waals surface area contributed by atoms with Gasteiger partial charge in [-0.05, 0) is 18.6 Å². The van der Waals surface area contributed by atoms with Gasteiger partial charge in [-0.25, -0.2) is 5.84 Å². The van der Waals surface area contributed by atoms with E-state index in [4.69, 9.17) is 15.3 Å². The van der Waals surface area contributed by atoms with E-state index in [1.807, 2.05) is 25.1 Å². The summed E-state index contributed by atoms with van der Waals surface area (Å²) in [7, 11) is 0. The molecule has 0 bridgehead atoms. The molecule has 8 heteroatoms. The van der Waals surface area contributed by atoms with E-state index in [1.54, 1.807) is 6.20 Å². The topological polar surface area (TPSA) is 108 Å². The predicted octanol–water partition coefficient (Wildman–Crippen LogP) is 0.962. The molecule has 0 saturated carbocycles. The molecule has 2 aromatic rings. The molecule has 0 aliphatic rings. The minimum Gasteiger partial charge on any atom is -0.463 e. The molecule has 8 nitrogen and oxygen atoms in total. The SMILES string of the molecule is CCCOc1nc(NN)nc(OCCc2ccccn2)n1. The molecule has 0 spiro atoms. The number of aromatic nitrogens is 4. The van der Waals surface area contributed by atoms with E-state index in [1.165, 1.54) is 0 Å². The summed E-state index contributed by atoms with van der Waals surface area (Å²) in [5, 5.41) is 0. The standard InChI is InChI=1S/C13H18N6O2/c1-2-8-20-12-16-11(19-14)17-13(18-12)21-9-6-10-5-3-4-7-15-10/h3-5,7H,2,6,8-9,14H2,1H3,(H,16,17,18,19). The molecular formula is C13H18N6O2. The number of nitrogens with one attached hydrogen (secondary N) is 1. The number of hydrogen-bond acceptors (Lipinski definition) is 8. The van der Waals surface area contributed by atoms with Gasteiger partial charge in [-0.15, -0.1) is 4.98 Å². The Morgan fingerprint density at radius 3 is 2.48 bits per heavy atom. The van der Waals surface area contributed by atoms with Gasteiger partial charge in [-0.1, -0.05) is 13.0 Å². The fraction of sp³-hybridized carbons (Fsp3) is 0.385. The molecule has 3 N–H and O–H groups in total. The first-order valence-corrected chi connectivity index (χ1v) is 6.70.